The Morgan fingerprint density at radius 2 is 2.04 bits per heavy atom. The first-order chi connectivity index (χ1) is 12.1. The van der Waals surface area contributed by atoms with Gasteiger partial charge in [-0.25, -0.2) is 9.89 Å². The molecule has 0 unspecified atom stereocenters. The fourth-order valence-electron chi connectivity index (χ4n) is 2.62. The van der Waals surface area contributed by atoms with Crippen LogP contribution in [0.3, 0.4) is 0 Å². The summed E-state index contributed by atoms with van der Waals surface area (Å²) in [5, 5.41) is 9.74. The average molecular weight is 362 g/mol. The van der Waals surface area contributed by atoms with Crippen molar-refractivity contribution in [3.8, 4) is 0 Å². The summed E-state index contributed by atoms with van der Waals surface area (Å²) in [6.07, 6.45) is 1.80. The van der Waals surface area contributed by atoms with E-state index in [2.05, 4.69) is 34.6 Å². The number of thioether (sulfide) groups is 1. The van der Waals surface area contributed by atoms with Gasteiger partial charge in [-0.1, -0.05) is 55.9 Å². The highest BCUT2D eigenvalue weighted by molar-refractivity contribution is 8.00. The van der Waals surface area contributed by atoms with Gasteiger partial charge in [-0.15, -0.1) is 5.10 Å². The smallest absolute Gasteiger partial charge is 0.343 e. The first kappa shape index (κ1) is 19.3. The molecule has 0 spiro atoms. The molecule has 2 rings (SSSR count). The van der Waals surface area contributed by atoms with Crippen molar-refractivity contribution < 1.29 is 4.79 Å². The number of aromatic nitrogens is 3. The van der Waals surface area contributed by atoms with Crippen molar-refractivity contribution in [3.05, 3.63) is 46.4 Å². The number of H-pyrrole nitrogens is 1. The molecule has 1 aromatic heterocycles. The number of hydrogen-bond donors (Lipinski definition) is 2. The van der Waals surface area contributed by atoms with Gasteiger partial charge in [0.05, 0.1) is 5.25 Å². The number of hydrogen-bond acceptors (Lipinski definition) is 4. The lowest BCUT2D eigenvalue weighted by molar-refractivity contribution is -0.120. The molecule has 2 aromatic rings. The molecule has 1 heterocycles. The van der Waals surface area contributed by atoms with Gasteiger partial charge in [0, 0.05) is 19.0 Å². The lowest BCUT2D eigenvalue weighted by atomic mass is 9.96. The second kappa shape index (κ2) is 9.46. The maximum Gasteiger partial charge on any atom is 0.343 e. The molecule has 1 amide bonds. The summed E-state index contributed by atoms with van der Waals surface area (Å²) in [4.78, 5) is 24.1. The number of nitrogens with one attached hydrogen (secondary N) is 2. The van der Waals surface area contributed by atoms with Crippen molar-refractivity contribution in [1.29, 1.82) is 0 Å². The van der Waals surface area contributed by atoms with E-state index >= 15 is 0 Å². The van der Waals surface area contributed by atoms with Gasteiger partial charge in [0.2, 0.25) is 5.91 Å². The summed E-state index contributed by atoms with van der Waals surface area (Å²) < 4.78 is 1.58. The minimum Gasteiger partial charge on any atom is -0.355 e. The van der Waals surface area contributed by atoms with Crippen molar-refractivity contribution in [3.63, 3.8) is 0 Å². The molecule has 25 heavy (non-hydrogen) atoms. The van der Waals surface area contributed by atoms with Crippen molar-refractivity contribution >= 4 is 17.7 Å². The molecule has 1 aromatic carbocycles. The Labute approximate surface area is 152 Å². The third-order valence-electron chi connectivity index (χ3n) is 4.11. The molecule has 136 valence electrons. The van der Waals surface area contributed by atoms with Crippen LogP contribution in [0.25, 0.3) is 0 Å². The average Bonchev–Trinajstić information content (AvgIpc) is 2.96. The SMILES string of the molecule is CCCn1c(S[C@H](C)C(=O)NC[C@@H](CC)c2ccccc2)n[nH]c1=O. The molecule has 0 aliphatic rings. The van der Waals surface area contributed by atoms with E-state index in [4.69, 9.17) is 0 Å². The largest absolute Gasteiger partial charge is 0.355 e. The number of rotatable bonds is 9. The van der Waals surface area contributed by atoms with Crippen LogP contribution < -0.4 is 11.0 Å². The summed E-state index contributed by atoms with van der Waals surface area (Å²) in [5.41, 5.74) is 1.00. The van der Waals surface area contributed by atoms with Crippen molar-refractivity contribution in [2.75, 3.05) is 6.54 Å². The molecule has 6 nitrogen and oxygen atoms in total. The first-order valence-electron chi connectivity index (χ1n) is 8.71. The van der Waals surface area contributed by atoms with E-state index in [-0.39, 0.29) is 16.8 Å². The van der Waals surface area contributed by atoms with Crippen molar-refractivity contribution in [2.45, 2.75) is 56.5 Å². The number of amides is 1. The summed E-state index contributed by atoms with van der Waals surface area (Å²) in [5.74, 6) is 0.254. The van der Waals surface area contributed by atoms with Gasteiger partial charge in [0.15, 0.2) is 5.16 Å². The molecule has 2 N–H and O–H groups in total. The molecule has 0 aliphatic heterocycles. The second-order valence-corrected chi connectivity index (χ2v) is 7.29. The minimum absolute atomic E-state index is 0.0436. The van der Waals surface area contributed by atoms with Crippen LogP contribution in [0, 0.1) is 0 Å². The highest BCUT2D eigenvalue weighted by Gasteiger charge is 2.20. The minimum atomic E-state index is -0.320. The van der Waals surface area contributed by atoms with E-state index in [9.17, 15) is 9.59 Å². The van der Waals surface area contributed by atoms with Crippen LogP contribution in [-0.4, -0.2) is 32.5 Å². The summed E-state index contributed by atoms with van der Waals surface area (Å²) in [7, 11) is 0. The van der Waals surface area contributed by atoms with Crippen LogP contribution in [-0.2, 0) is 11.3 Å². The molecule has 0 radical (unpaired) electrons. The normalized spacial score (nSPS) is 13.4. The third-order valence-corrected chi connectivity index (χ3v) is 5.20. The molecular weight excluding hydrogens is 336 g/mol. The highest BCUT2D eigenvalue weighted by Crippen LogP contribution is 2.21. The van der Waals surface area contributed by atoms with Gasteiger partial charge in [0.1, 0.15) is 0 Å². The number of carbonyl (C=O) groups is 1. The van der Waals surface area contributed by atoms with E-state index in [0.29, 0.717) is 24.2 Å². The van der Waals surface area contributed by atoms with Crippen LogP contribution in [0.2, 0.25) is 0 Å². The maximum absolute atomic E-state index is 12.4. The Hall–Kier alpha value is -2.02. The van der Waals surface area contributed by atoms with Gasteiger partial charge in [-0.2, -0.15) is 0 Å². The Bertz CT molecular complexity index is 726. The molecule has 0 aliphatic carbocycles. The lowest BCUT2D eigenvalue weighted by Gasteiger charge is -2.18. The number of carbonyl (C=O) groups excluding carboxylic acids is 1. The van der Waals surface area contributed by atoms with Crippen LogP contribution >= 0.6 is 11.8 Å². The molecule has 7 heteroatoms. The zero-order valence-corrected chi connectivity index (χ0v) is 15.8. The summed E-state index contributed by atoms with van der Waals surface area (Å²) in [6, 6.07) is 10.2. The maximum atomic E-state index is 12.4. The quantitative estimate of drug-likeness (QED) is 0.672. The predicted octanol–water partition coefficient (Wildman–Crippen LogP) is 2.77. The summed E-state index contributed by atoms with van der Waals surface area (Å²) >= 11 is 1.30. The lowest BCUT2D eigenvalue weighted by Crippen LogP contribution is -2.34. The van der Waals surface area contributed by atoms with E-state index in [1.54, 1.807) is 4.57 Å². The van der Waals surface area contributed by atoms with E-state index in [1.165, 1.54) is 17.3 Å². The summed E-state index contributed by atoms with van der Waals surface area (Å²) in [6.45, 7) is 7.15. The zero-order valence-electron chi connectivity index (χ0n) is 15.0. The fraction of sp³-hybridized carbons (Fsp3) is 0.500. The number of nitrogens with zero attached hydrogens (tertiary/aromatic N) is 2. The van der Waals surface area contributed by atoms with Crippen molar-refractivity contribution in [1.82, 2.24) is 20.1 Å². The number of benzene rings is 1. The topological polar surface area (TPSA) is 79.8 Å². The first-order valence-corrected chi connectivity index (χ1v) is 9.59. The Morgan fingerprint density at radius 1 is 1.32 bits per heavy atom. The highest BCUT2D eigenvalue weighted by atomic mass is 32.2. The van der Waals surface area contributed by atoms with Gasteiger partial charge in [0.25, 0.3) is 0 Å². The molecular formula is C18H26N4O2S. The number of aromatic amines is 1. The van der Waals surface area contributed by atoms with Crippen LogP contribution in [0.15, 0.2) is 40.3 Å². The monoisotopic (exact) mass is 362 g/mol. The third kappa shape index (κ3) is 5.22. The van der Waals surface area contributed by atoms with E-state index in [0.717, 1.165) is 12.8 Å². The van der Waals surface area contributed by atoms with E-state index in [1.807, 2.05) is 32.0 Å². The standard InChI is InChI=1S/C18H26N4O2S/c1-4-11-22-17(24)20-21-18(22)25-13(3)16(23)19-12-14(5-2)15-9-7-6-8-10-15/h6-10,13-14H,4-5,11-12H2,1-3H3,(H,19,23)(H,20,24)/t13-,14-/m1/s1. The van der Waals surface area contributed by atoms with Crippen LogP contribution in [0.5, 0.6) is 0 Å². The van der Waals surface area contributed by atoms with Crippen LogP contribution in [0.1, 0.15) is 45.1 Å². The van der Waals surface area contributed by atoms with Gasteiger partial charge in [-0.05, 0) is 25.3 Å². The second-order valence-electron chi connectivity index (χ2n) is 5.98. The predicted molar refractivity (Wildman–Crippen MR) is 101 cm³/mol. The molecule has 0 saturated carbocycles. The molecule has 0 bridgehead atoms. The van der Waals surface area contributed by atoms with Gasteiger partial charge in [-0.3, -0.25) is 9.36 Å². The van der Waals surface area contributed by atoms with Gasteiger partial charge < -0.3 is 5.32 Å². The Balaban J connectivity index is 1.93. The fourth-order valence-corrected chi connectivity index (χ4v) is 3.52. The van der Waals surface area contributed by atoms with Crippen LogP contribution in [0.4, 0.5) is 0 Å². The zero-order chi connectivity index (χ0) is 18.2. The molecule has 2 atom stereocenters. The Morgan fingerprint density at radius 3 is 2.68 bits per heavy atom. The molecule has 0 fully saturated rings. The Kier molecular flexibility index (Phi) is 7.31. The molecule has 0 saturated heterocycles. The van der Waals surface area contributed by atoms with Crippen molar-refractivity contribution in [2.24, 2.45) is 0 Å². The van der Waals surface area contributed by atoms with Gasteiger partial charge >= 0.3 is 5.69 Å². The van der Waals surface area contributed by atoms with E-state index < -0.39 is 0 Å².